The monoisotopic (exact) mass is 496 g/mol. The number of amides is 1. The molecule has 0 aliphatic rings. The first-order chi connectivity index (χ1) is 16.5. The van der Waals surface area contributed by atoms with Gasteiger partial charge in [0, 0.05) is 17.1 Å². The Morgan fingerprint density at radius 3 is 2.65 bits per heavy atom. The van der Waals surface area contributed by atoms with Gasteiger partial charge in [-0.05, 0) is 63.2 Å². The molecule has 178 valence electrons. The summed E-state index contributed by atoms with van der Waals surface area (Å²) in [5.74, 6) is 1.83. The van der Waals surface area contributed by atoms with Crippen molar-refractivity contribution >= 4 is 44.4 Å². The zero-order valence-corrected chi connectivity index (χ0v) is 21.4. The third-order valence-corrected chi connectivity index (χ3v) is 7.30. The van der Waals surface area contributed by atoms with E-state index in [1.165, 1.54) is 23.1 Å². The molecule has 0 radical (unpaired) electrons. The van der Waals surface area contributed by atoms with Crippen molar-refractivity contribution in [1.82, 2.24) is 14.8 Å². The predicted molar refractivity (Wildman–Crippen MR) is 139 cm³/mol. The van der Waals surface area contributed by atoms with E-state index in [0.29, 0.717) is 30.6 Å². The van der Waals surface area contributed by atoms with E-state index in [0.717, 1.165) is 38.0 Å². The SMILES string of the molecule is CCOc1cccc2sc(N(CCn3nc(C)cc3C)C(=O)CSc3ccc(OC)cc3)nc12. The van der Waals surface area contributed by atoms with E-state index in [2.05, 4.69) is 5.10 Å². The van der Waals surface area contributed by atoms with E-state index in [1.807, 2.05) is 74.0 Å². The van der Waals surface area contributed by atoms with Crippen LogP contribution in [0.3, 0.4) is 0 Å². The molecule has 0 fully saturated rings. The van der Waals surface area contributed by atoms with Gasteiger partial charge in [-0.1, -0.05) is 17.4 Å². The summed E-state index contributed by atoms with van der Waals surface area (Å²) in [5.41, 5.74) is 2.82. The molecule has 0 N–H and O–H groups in total. The number of thioether (sulfide) groups is 1. The first-order valence-corrected chi connectivity index (χ1v) is 12.9. The van der Waals surface area contributed by atoms with E-state index in [1.54, 1.807) is 12.0 Å². The fraction of sp³-hybridized carbons (Fsp3) is 0.320. The van der Waals surface area contributed by atoms with Crippen LogP contribution in [0.2, 0.25) is 0 Å². The van der Waals surface area contributed by atoms with Crippen LogP contribution in [0.5, 0.6) is 11.5 Å². The van der Waals surface area contributed by atoms with Gasteiger partial charge in [-0.15, -0.1) is 11.8 Å². The second-order valence-corrected chi connectivity index (χ2v) is 9.75. The summed E-state index contributed by atoms with van der Waals surface area (Å²) in [7, 11) is 1.64. The molecule has 0 spiro atoms. The summed E-state index contributed by atoms with van der Waals surface area (Å²) in [4.78, 5) is 21.0. The first kappa shape index (κ1) is 24.1. The number of carbonyl (C=O) groups is 1. The van der Waals surface area contributed by atoms with Gasteiger partial charge < -0.3 is 9.47 Å². The van der Waals surface area contributed by atoms with Crippen LogP contribution in [-0.4, -0.2) is 46.7 Å². The van der Waals surface area contributed by atoms with Gasteiger partial charge >= 0.3 is 0 Å². The average Bonchev–Trinajstić information content (AvgIpc) is 3.41. The molecule has 4 aromatic rings. The molecular formula is C25H28N4O3S2. The lowest BCUT2D eigenvalue weighted by Gasteiger charge is -2.20. The summed E-state index contributed by atoms with van der Waals surface area (Å²) in [6.45, 7) is 7.58. The molecule has 1 amide bonds. The highest BCUT2D eigenvalue weighted by atomic mass is 32.2. The number of rotatable bonds is 10. The Morgan fingerprint density at radius 2 is 1.97 bits per heavy atom. The largest absolute Gasteiger partial charge is 0.497 e. The highest BCUT2D eigenvalue weighted by Crippen LogP contribution is 2.35. The summed E-state index contributed by atoms with van der Waals surface area (Å²) < 4.78 is 13.9. The Labute approximate surface area is 207 Å². The van der Waals surface area contributed by atoms with Gasteiger partial charge in [-0.2, -0.15) is 5.10 Å². The minimum Gasteiger partial charge on any atom is -0.497 e. The fourth-order valence-corrected chi connectivity index (χ4v) is 5.42. The molecule has 0 aliphatic carbocycles. The maximum Gasteiger partial charge on any atom is 0.239 e. The highest BCUT2D eigenvalue weighted by Gasteiger charge is 2.21. The van der Waals surface area contributed by atoms with Gasteiger partial charge in [0.1, 0.15) is 17.0 Å². The predicted octanol–water partition coefficient (Wildman–Crippen LogP) is 5.34. The number of aryl methyl sites for hydroxylation is 2. The van der Waals surface area contributed by atoms with E-state index in [9.17, 15) is 4.79 Å². The van der Waals surface area contributed by atoms with Gasteiger partial charge in [-0.3, -0.25) is 14.4 Å². The topological polar surface area (TPSA) is 69.5 Å². The Kier molecular flexibility index (Phi) is 7.74. The molecule has 0 saturated heterocycles. The molecule has 34 heavy (non-hydrogen) atoms. The minimum absolute atomic E-state index is 0.000588. The van der Waals surface area contributed by atoms with Gasteiger partial charge in [0.05, 0.1) is 36.4 Å². The van der Waals surface area contributed by atoms with Crippen LogP contribution in [0.4, 0.5) is 5.13 Å². The molecule has 9 heteroatoms. The quantitative estimate of drug-likeness (QED) is 0.276. The van der Waals surface area contributed by atoms with Crippen molar-refractivity contribution in [3.05, 3.63) is 59.9 Å². The molecule has 7 nitrogen and oxygen atoms in total. The van der Waals surface area contributed by atoms with E-state index < -0.39 is 0 Å². The number of methoxy groups -OCH3 is 1. The molecule has 0 unspecified atom stereocenters. The van der Waals surface area contributed by atoms with Crippen molar-refractivity contribution in [2.24, 2.45) is 0 Å². The normalized spacial score (nSPS) is 11.1. The molecule has 0 atom stereocenters. The zero-order chi connectivity index (χ0) is 24.1. The third-order valence-electron chi connectivity index (χ3n) is 5.26. The number of ether oxygens (including phenoxy) is 2. The molecule has 0 aliphatic heterocycles. The molecular weight excluding hydrogens is 468 g/mol. The lowest BCUT2D eigenvalue weighted by molar-refractivity contribution is -0.116. The number of aromatic nitrogens is 3. The minimum atomic E-state index is -0.000588. The van der Waals surface area contributed by atoms with Crippen LogP contribution < -0.4 is 14.4 Å². The standard InChI is InChI=1S/C25H28N4O3S2/c1-5-32-21-7-6-8-22-24(21)26-25(34-22)28(13-14-29-18(3)15-17(2)27-29)23(30)16-33-20-11-9-19(31-4)10-12-20/h6-12,15H,5,13-14,16H2,1-4H3. The molecule has 2 aromatic carbocycles. The lowest BCUT2D eigenvalue weighted by atomic mass is 10.3. The Morgan fingerprint density at radius 1 is 1.18 bits per heavy atom. The van der Waals surface area contributed by atoms with E-state index >= 15 is 0 Å². The lowest BCUT2D eigenvalue weighted by Crippen LogP contribution is -2.35. The molecule has 4 rings (SSSR count). The first-order valence-electron chi connectivity index (χ1n) is 11.1. The summed E-state index contributed by atoms with van der Waals surface area (Å²) in [6.07, 6.45) is 0. The Hall–Kier alpha value is -3.04. The number of anilines is 1. The molecule has 0 bridgehead atoms. The number of thiazole rings is 1. The van der Waals surface area contributed by atoms with E-state index in [-0.39, 0.29) is 5.91 Å². The summed E-state index contributed by atoms with van der Waals surface area (Å²) >= 11 is 3.00. The summed E-state index contributed by atoms with van der Waals surface area (Å²) in [6, 6.07) is 15.6. The van der Waals surface area contributed by atoms with E-state index in [4.69, 9.17) is 14.5 Å². The number of fused-ring (bicyclic) bond motifs is 1. The number of carbonyl (C=O) groups excluding carboxylic acids is 1. The van der Waals surface area contributed by atoms with Crippen molar-refractivity contribution in [2.75, 3.05) is 30.9 Å². The third kappa shape index (κ3) is 5.53. The maximum absolute atomic E-state index is 13.4. The number of para-hydroxylation sites is 1. The number of hydrogen-bond acceptors (Lipinski definition) is 7. The van der Waals surface area contributed by atoms with Crippen LogP contribution in [0, 0.1) is 13.8 Å². The van der Waals surface area contributed by atoms with Crippen molar-refractivity contribution in [3.63, 3.8) is 0 Å². The van der Waals surface area contributed by atoms with Gasteiger partial charge in [-0.25, -0.2) is 4.98 Å². The van der Waals surface area contributed by atoms with Crippen molar-refractivity contribution in [1.29, 1.82) is 0 Å². The zero-order valence-electron chi connectivity index (χ0n) is 19.8. The van der Waals surface area contributed by atoms with Crippen LogP contribution >= 0.6 is 23.1 Å². The van der Waals surface area contributed by atoms with Crippen LogP contribution in [0.15, 0.2) is 53.4 Å². The second kappa shape index (κ2) is 10.9. The van der Waals surface area contributed by atoms with Crippen LogP contribution in [0.25, 0.3) is 10.2 Å². The smallest absolute Gasteiger partial charge is 0.239 e. The molecule has 2 aromatic heterocycles. The molecule has 0 saturated carbocycles. The van der Waals surface area contributed by atoms with Crippen molar-refractivity contribution in [2.45, 2.75) is 32.2 Å². The number of nitrogens with zero attached hydrogens (tertiary/aromatic N) is 4. The van der Waals surface area contributed by atoms with Gasteiger partial charge in [0.15, 0.2) is 5.13 Å². The van der Waals surface area contributed by atoms with Crippen LogP contribution in [0.1, 0.15) is 18.3 Å². The van der Waals surface area contributed by atoms with Crippen molar-refractivity contribution < 1.29 is 14.3 Å². The summed E-state index contributed by atoms with van der Waals surface area (Å²) in [5, 5.41) is 5.22. The Bertz CT molecular complexity index is 1270. The Balaban J connectivity index is 1.57. The number of benzene rings is 2. The van der Waals surface area contributed by atoms with Crippen molar-refractivity contribution in [3.8, 4) is 11.5 Å². The highest BCUT2D eigenvalue weighted by molar-refractivity contribution is 8.00. The van der Waals surface area contributed by atoms with Gasteiger partial charge in [0.2, 0.25) is 5.91 Å². The maximum atomic E-state index is 13.4. The molecule has 2 heterocycles. The average molecular weight is 497 g/mol. The number of hydrogen-bond donors (Lipinski definition) is 0. The van der Waals surface area contributed by atoms with Crippen LogP contribution in [-0.2, 0) is 11.3 Å². The second-order valence-electron chi connectivity index (χ2n) is 7.69. The fourth-order valence-electron chi connectivity index (χ4n) is 3.62. The van der Waals surface area contributed by atoms with Gasteiger partial charge in [0.25, 0.3) is 0 Å².